The van der Waals surface area contributed by atoms with Gasteiger partial charge in [-0.3, -0.25) is 10.8 Å². The molecule has 3 heterocycles. The second-order valence-electron chi connectivity index (χ2n) is 4.59. The van der Waals surface area contributed by atoms with Crippen LogP contribution in [0.25, 0.3) is 0 Å². The van der Waals surface area contributed by atoms with Gasteiger partial charge in [-0.05, 0) is 35.9 Å². The highest BCUT2D eigenvalue weighted by Crippen LogP contribution is 2.37. The third kappa shape index (κ3) is 2.56. The van der Waals surface area contributed by atoms with Crippen molar-refractivity contribution < 1.29 is 4.74 Å². The predicted molar refractivity (Wildman–Crippen MR) is 84.1 cm³/mol. The fourth-order valence-electron chi connectivity index (χ4n) is 2.40. The normalized spacial score (nSPS) is 15.7. The van der Waals surface area contributed by atoms with E-state index >= 15 is 0 Å². The molecule has 0 amide bonds. The highest BCUT2D eigenvalue weighted by atomic mass is 32.2. The molecule has 0 spiro atoms. The molecule has 0 aliphatic carbocycles. The zero-order valence-electron chi connectivity index (χ0n) is 11.3. The molecule has 20 heavy (non-hydrogen) atoms. The fraction of sp³-hybridized carbons (Fsp3) is 0.357. The molecule has 0 aromatic carbocycles. The number of pyridine rings is 1. The minimum absolute atomic E-state index is 0.119. The average molecular weight is 307 g/mol. The Bertz CT molecular complexity index is 576. The first kappa shape index (κ1) is 13.9. The van der Waals surface area contributed by atoms with Gasteiger partial charge in [0.2, 0.25) is 0 Å². The van der Waals surface area contributed by atoms with Crippen LogP contribution in [0.1, 0.15) is 27.1 Å². The Morgan fingerprint density at radius 2 is 2.40 bits per heavy atom. The monoisotopic (exact) mass is 307 g/mol. The first-order valence-electron chi connectivity index (χ1n) is 6.47. The maximum atomic E-state index is 5.77. The zero-order chi connectivity index (χ0) is 13.9. The molecule has 1 unspecified atom stereocenters. The summed E-state index contributed by atoms with van der Waals surface area (Å²) < 4.78 is 5.39. The number of thioether (sulfide) groups is 1. The minimum Gasteiger partial charge on any atom is -0.495 e. The number of methoxy groups -OCH3 is 1. The van der Waals surface area contributed by atoms with E-state index in [-0.39, 0.29) is 6.04 Å². The van der Waals surface area contributed by atoms with Crippen LogP contribution in [0.3, 0.4) is 0 Å². The lowest BCUT2D eigenvalue weighted by Gasteiger charge is -2.16. The van der Waals surface area contributed by atoms with Crippen molar-refractivity contribution in [3.05, 3.63) is 45.4 Å². The van der Waals surface area contributed by atoms with Gasteiger partial charge in [-0.15, -0.1) is 11.3 Å². The fourth-order valence-corrected chi connectivity index (χ4v) is 4.84. The Labute approximate surface area is 126 Å². The van der Waals surface area contributed by atoms with E-state index in [0.717, 1.165) is 23.6 Å². The third-order valence-corrected chi connectivity index (χ3v) is 5.70. The van der Waals surface area contributed by atoms with E-state index in [0.29, 0.717) is 0 Å². The van der Waals surface area contributed by atoms with Crippen molar-refractivity contribution in [3.63, 3.8) is 0 Å². The largest absolute Gasteiger partial charge is 0.495 e. The van der Waals surface area contributed by atoms with Crippen LogP contribution in [0.2, 0.25) is 0 Å². The number of hydrogen-bond acceptors (Lipinski definition) is 6. The molecule has 1 aliphatic rings. The molecule has 1 atom stereocenters. The van der Waals surface area contributed by atoms with Crippen molar-refractivity contribution >= 4 is 23.1 Å². The van der Waals surface area contributed by atoms with Gasteiger partial charge in [0.15, 0.2) is 0 Å². The summed E-state index contributed by atoms with van der Waals surface area (Å²) in [7, 11) is 1.66. The SMILES string of the molecule is COc1cccnc1C(NN)c1cc2c(s1)CCSC2. The van der Waals surface area contributed by atoms with Gasteiger partial charge in [0.05, 0.1) is 7.11 Å². The van der Waals surface area contributed by atoms with Crippen molar-refractivity contribution in [1.29, 1.82) is 0 Å². The van der Waals surface area contributed by atoms with Crippen molar-refractivity contribution in [3.8, 4) is 5.75 Å². The number of thiophene rings is 1. The molecule has 3 N–H and O–H groups in total. The molecular formula is C14H17N3OS2. The van der Waals surface area contributed by atoms with E-state index in [1.807, 2.05) is 35.2 Å². The molecule has 1 aliphatic heterocycles. The maximum Gasteiger partial charge on any atom is 0.142 e. The lowest BCUT2D eigenvalue weighted by molar-refractivity contribution is 0.401. The summed E-state index contributed by atoms with van der Waals surface area (Å²) in [5.74, 6) is 8.84. The second kappa shape index (κ2) is 6.13. The van der Waals surface area contributed by atoms with Crippen LogP contribution >= 0.6 is 23.1 Å². The molecule has 2 aromatic rings. The Morgan fingerprint density at radius 1 is 1.50 bits per heavy atom. The summed E-state index contributed by atoms with van der Waals surface area (Å²) in [6, 6.07) is 5.92. The Hall–Kier alpha value is -1.08. The van der Waals surface area contributed by atoms with Crippen LogP contribution in [0.5, 0.6) is 5.75 Å². The topological polar surface area (TPSA) is 60.2 Å². The number of rotatable bonds is 4. The number of hydrazine groups is 1. The van der Waals surface area contributed by atoms with Crippen LogP contribution < -0.4 is 16.0 Å². The molecule has 0 saturated heterocycles. The standard InChI is InChI=1S/C14H17N3OS2/c1-18-10-3-2-5-16-13(10)14(17-15)12-7-9-8-19-6-4-11(9)20-12/h2-3,5,7,14,17H,4,6,8,15H2,1H3. The van der Waals surface area contributed by atoms with Gasteiger partial charge in [-0.25, -0.2) is 5.43 Å². The smallest absolute Gasteiger partial charge is 0.142 e. The summed E-state index contributed by atoms with van der Waals surface area (Å²) >= 11 is 3.82. The second-order valence-corrected chi connectivity index (χ2v) is 6.86. The van der Waals surface area contributed by atoms with Gasteiger partial charge in [0.1, 0.15) is 17.5 Å². The van der Waals surface area contributed by atoms with E-state index in [1.165, 1.54) is 21.1 Å². The van der Waals surface area contributed by atoms with Gasteiger partial charge in [-0.1, -0.05) is 0 Å². The third-order valence-electron chi connectivity index (χ3n) is 3.39. The number of nitrogens with one attached hydrogen (secondary N) is 1. The molecule has 0 radical (unpaired) electrons. The summed E-state index contributed by atoms with van der Waals surface area (Å²) in [6.07, 6.45) is 2.92. The number of nitrogens with two attached hydrogens (primary N) is 1. The molecule has 2 aromatic heterocycles. The quantitative estimate of drug-likeness (QED) is 0.671. The lowest BCUT2D eigenvalue weighted by Crippen LogP contribution is -2.29. The van der Waals surface area contributed by atoms with Crippen LogP contribution in [-0.2, 0) is 12.2 Å². The van der Waals surface area contributed by atoms with E-state index in [4.69, 9.17) is 10.6 Å². The molecular weight excluding hydrogens is 290 g/mol. The zero-order valence-corrected chi connectivity index (χ0v) is 12.9. The molecule has 0 bridgehead atoms. The first-order valence-corrected chi connectivity index (χ1v) is 8.45. The number of aromatic nitrogens is 1. The highest BCUT2D eigenvalue weighted by Gasteiger charge is 2.23. The van der Waals surface area contributed by atoms with Crippen molar-refractivity contribution in [1.82, 2.24) is 10.4 Å². The van der Waals surface area contributed by atoms with Gasteiger partial charge in [0.25, 0.3) is 0 Å². The van der Waals surface area contributed by atoms with E-state index in [1.54, 1.807) is 13.3 Å². The van der Waals surface area contributed by atoms with E-state index in [2.05, 4.69) is 16.5 Å². The molecule has 4 nitrogen and oxygen atoms in total. The molecule has 6 heteroatoms. The van der Waals surface area contributed by atoms with E-state index in [9.17, 15) is 0 Å². The number of ether oxygens (including phenoxy) is 1. The van der Waals surface area contributed by atoms with Crippen LogP contribution in [0.15, 0.2) is 24.4 Å². The Kier molecular flexibility index (Phi) is 4.26. The Balaban J connectivity index is 1.99. The number of aryl methyl sites for hydroxylation is 1. The summed E-state index contributed by atoms with van der Waals surface area (Å²) in [4.78, 5) is 7.12. The summed E-state index contributed by atoms with van der Waals surface area (Å²) in [6.45, 7) is 0. The molecule has 0 fully saturated rings. The lowest BCUT2D eigenvalue weighted by atomic mass is 10.1. The van der Waals surface area contributed by atoms with Gasteiger partial charge < -0.3 is 4.74 Å². The number of nitrogens with zero attached hydrogens (tertiary/aromatic N) is 1. The van der Waals surface area contributed by atoms with Gasteiger partial charge >= 0.3 is 0 Å². The van der Waals surface area contributed by atoms with Gasteiger partial charge in [0, 0.05) is 21.7 Å². The summed E-state index contributed by atoms with van der Waals surface area (Å²) in [5, 5.41) is 0. The van der Waals surface area contributed by atoms with Gasteiger partial charge in [-0.2, -0.15) is 11.8 Å². The first-order chi connectivity index (χ1) is 9.83. The highest BCUT2D eigenvalue weighted by molar-refractivity contribution is 7.98. The van der Waals surface area contributed by atoms with Crippen molar-refractivity contribution in [2.24, 2.45) is 5.84 Å². The van der Waals surface area contributed by atoms with E-state index < -0.39 is 0 Å². The summed E-state index contributed by atoms with van der Waals surface area (Å²) in [5.41, 5.74) is 5.16. The van der Waals surface area contributed by atoms with Crippen molar-refractivity contribution in [2.45, 2.75) is 18.2 Å². The van der Waals surface area contributed by atoms with Crippen LogP contribution in [0, 0.1) is 0 Å². The maximum absolute atomic E-state index is 5.77. The predicted octanol–water partition coefficient (Wildman–Crippen LogP) is 2.49. The Morgan fingerprint density at radius 3 is 3.15 bits per heavy atom. The average Bonchev–Trinajstić information content (AvgIpc) is 2.92. The number of fused-ring (bicyclic) bond motifs is 1. The minimum atomic E-state index is -0.119. The number of hydrogen-bond donors (Lipinski definition) is 2. The van der Waals surface area contributed by atoms with Crippen molar-refractivity contribution in [2.75, 3.05) is 12.9 Å². The molecule has 3 rings (SSSR count). The van der Waals surface area contributed by atoms with Crippen LogP contribution in [0.4, 0.5) is 0 Å². The van der Waals surface area contributed by atoms with Crippen LogP contribution in [-0.4, -0.2) is 17.8 Å². The molecule has 106 valence electrons. The molecule has 0 saturated carbocycles.